The predicted molar refractivity (Wildman–Crippen MR) is 71.6 cm³/mol. The first-order valence-electron chi connectivity index (χ1n) is 6.02. The normalized spacial score (nSPS) is 11.2. The lowest BCUT2D eigenvalue weighted by Gasteiger charge is -2.17. The molecule has 0 saturated carbocycles. The number of aryl methyl sites for hydroxylation is 1. The zero-order valence-corrected chi connectivity index (χ0v) is 10.9. The van der Waals surface area contributed by atoms with Crippen molar-refractivity contribution in [3.63, 3.8) is 0 Å². The zero-order valence-electron chi connectivity index (χ0n) is 10.9. The van der Waals surface area contributed by atoms with Gasteiger partial charge in [-0.15, -0.1) is 0 Å². The maximum atomic E-state index is 11.6. The molecule has 1 rings (SSSR count). The highest BCUT2D eigenvalue weighted by Gasteiger charge is 2.19. The summed E-state index contributed by atoms with van der Waals surface area (Å²) in [4.78, 5) is 11.6. The Morgan fingerprint density at radius 2 is 1.82 bits per heavy atom. The van der Waals surface area contributed by atoms with Crippen LogP contribution >= 0.6 is 0 Å². The van der Waals surface area contributed by atoms with Crippen LogP contribution in [0.15, 0.2) is 24.3 Å². The molecule has 94 valence electrons. The van der Waals surface area contributed by atoms with Crippen molar-refractivity contribution in [1.29, 1.82) is 0 Å². The smallest absolute Gasteiger partial charge is 0.225 e. The van der Waals surface area contributed by atoms with Crippen LogP contribution in [0.1, 0.15) is 32.8 Å². The molecule has 0 fully saturated rings. The van der Waals surface area contributed by atoms with E-state index in [4.69, 9.17) is 5.73 Å². The number of benzene rings is 1. The molecule has 0 atom stereocenters. The SMILES string of the molecule is CC(C)(C)C(=O)NCCCc1ccc(N)cc1. The monoisotopic (exact) mass is 234 g/mol. The molecule has 1 aromatic rings. The molecule has 0 aliphatic heterocycles. The van der Waals surface area contributed by atoms with E-state index < -0.39 is 0 Å². The van der Waals surface area contributed by atoms with Crippen molar-refractivity contribution in [3.05, 3.63) is 29.8 Å². The molecule has 1 aromatic carbocycles. The highest BCUT2D eigenvalue weighted by Crippen LogP contribution is 2.12. The number of nitrogens with one attached hydrogen (secondary N) is 1. The molecule has 17 heavy (non-hydrogen) atoms. The second-order valence-electron chi connectivity index (χ2n) is 5.35. The van der Waals surface area contributed by atoms with Crippen LogP contribution < -0.4 is 11.1 Å². The first-order valence-corrected chi connectivity index (χ1v) is 6.02. The lowest BCUT2D eigenvalue weighted by molar-refractivity contribution is -0.128. The first-order chi connectivity index (χ1) is 7.89. The van der Waals surface area contributed by atoms with E-state index in [1.165, 1.54) is 5.56 Å². The van der Waals surface area contributed by atoms with Gasteiger partial charge in [0.2, 0.25) is 5.91 Å². The number of anilines is 1. The number of hydrogen-bond acceptors (Lipinski definition) is 2. The largest absolute Gasteiger partial charge is 0.399 e. The van der Waals surface area contributed by atoms with E-state index in [0.717, 1.165) is 25.1 Å². The molecule has 0 bridgehead atoms. The number of hydrogen-bond donors (Lipinski definition) is 2. The van der Waals surface area contributed by atoms with Crippen LogP contribution in [0.4, 0.5) is 5.69 Å². The summed E-state index contributed by atoms with van der Waals surface area (Å²) in [5, 5.41) is 2.94. The van der Waals surface area contributed by atoms with E-state index in [1.54, 1.807) is 0 Å². The Morgan fingerprint density at radius 3 is 2.35 bits per heavy atom. The summed E-state index contributed by atoms with van der Waals surface area (Å²) >= 11 is 0. The van der Waals surface area contributed by atoms with Crippen molar-refractivity contribution in [2.24, 2.45) is 5.41 Å². The van der Waals surface area contributed by atoms with Crippen LogP contribution in [-0.2, 0) is 11.2 Å². The Morgan fingerprint density at radius 1 is 1.24 bits per heavy atom. The number of nitrogens with two attached hydrogens (primary N) is 1. The van der Waals surface area contributed by atoms with E-state index in [0.29, 0.717) is 0 Å². The zero-order chi connectivity index (χ0) is 12.9. The van der Waals surface area contributed by atoms with Gasteiger partial charge in [-0.2, -0.15) is 0 Å². The second-order valence-corrected chi connectivity index (χ2v) is 5.35. The van der Waals surface area contributed by atoms with Gasteiger partial charge >= 0.3 is 0 Å². The molecule has 0 aromatic heterocycles. The van der Waals surface area contributed by atoms with Gasteiger partial charge in [-0.3, -0.25) is 4.79 Å². The summed E-state index contributed by atoms with van der Waals surface area (Å²) in [6.45, 7) is 6.48. The Balaban J connectivity index is 2.25. The molecule has 0 spiro atoms. The first kappa shape index (κ1) is 13.6. The number of nitrogen functional groups attached to an aromatic ring is 1. The van der Waals surface area contributed by atoms with Crippen molar-refractivity contribution >= 4 is 11.6 Å². The highest BCUT2D eigenvalue weighted by molar-refractivity contribution is 5.81. The molecular formula is C14H22N2O. The molecule has 3 N–H and O–H groups in total. The molecule has 3 nitrogen and oxygen atoms in total. The van der Waals surface area contributed by atoms with Gasteiger partial charge in [-0.1, -0.05) is 32.9 Å². The van der Waals surface area contributed by atoms with Crippen molar-refractivity contribution in [2.75, 3.05) is 12.3 Å². The van der Waals surface area contributed by atoms with Crippen LogP contribution in [0, 0.1) is 5.41 Å². The summed E-state index contributed by atoms with van der Waals surface area (Å²) in [7, 11) is 0. The van der Waals surface area contributed by atoms with Crippen LogP contribution in [-0.4, -0.2) is 12.5 Å². The van der Waals surface area contributed by atoms with E-state index in [9.17, 15) is 4.79 Å². The minimum atomic E-state index is -0.304. The number of amides is 1. The van der Waals surface area contributed by atoms with E-state index in [2.05, 4.69) is 5.32 Å². The summed E-state index contributed by atoms with van der Waals surface area (Å²) in [5.74, 6) is 0.106. The predicted octanol–water partition coefficient (Wildman–Crippen LogP) is 2.36. The quantitative estimate of drug-likeness (QED) is 0.620. The lowest BCUT2D eigenvalue weighted by Crippen LogP contribution is -2.35. The fraction of sp³-hybridized carbons (Fsp3) is 0.500. The van der Waals surface area contributed by atoms with E-state index in [-0.39, 0.29) is 11.3 Å². The minimum Gasteiger partial charge on any atom is -0.399 e. The average Bonchev–Trinajstić information content (AvgIpc) is 2.25. The van der Waals surface area contributed by atoms with Gasteiger partial charge in [0, 0.05) is 17.6 Å². The summed E-state index contributed by atoms with van der Waals surface area (Å²) < 4.78 is 0. The third kappa shape index (κ3) is 4.89. The van der Waals surface area contributed by atoms with Crippen LogP contribution in [0.2, 0.25) is 0 Å². The summed E-state index contributed by atoms with van der Waals surface area (Å²) in [6, 6.07) is 7.87. The van der Waals surface area contributed by atoms with E-state index >= 15 is 0 Å². The van der Waals surface area contributed by atoms with Gasteiger partial charge in [0.15, 0.2) is 0 Å². The van der Waals surface area contributed by atoms with Gasteiger partial charge in [0.05, 0.1) is 0 Å². The fourth-order valence-corrected chi connectivity index (χ4v) is 1.44. The van der Waals surface area contributed by atoms with Crippen molar-refractivity contribution in [2.45, 2.75) is 33.6 Å². The van der Waals surface area contributed by atoms with Crippen molar-refractivity contribution in [3.8, 4) is 0 Å². The Labute approximate surface area is 103 Å². The van der Waals surface area contributed by atoms with Gasteiger partial charge < -0.3 is 11.1 Å². The third-order valence-electron chi connectivity index (χ3n) is 2.59. The number of carbonyl (C=O) groups excluding carboxylic acids is 1. The van der Waals surface area contributed by atoms with Gasteiger partial charge in [0.1, 0.15) is 0 Å². The number of carbonyl (C=O) groups is 1. The Kier molecular flexibility index (Phi) is 4.55. The fourth-order valence-electron chi connectivity index (χ4n) is 1.44. The molecule has 0 unspecified atom stereocenters. The minimum absolute atomic E-state index is 0.106. The molecule has 3 heteroatoms. The molecule has 0 aliphatic carbocycles. The highest BCUT2D eigenvalue weighted by atomic mass is 16.2. The molecule has 1 amide bonds. The summed E-state index contributed by atoms with van der Waals surface area (Å²) in [5.41, 5.74) is 7.35. The standard InChI is InChI=1S/C14H22N2O/c1-14(2,3)13(17)16-10-4-5-11-6-8-12(15)9-7-11/h6-9H,4-5,10,15H2,1-3H3,(H,16,17). The van der Waals surface area contributed by atoms with Gasteiger partial charge in [-0.25, -0.2) is 0 Å². The van der Waals surface area contributed by atoms with Crippen LogP contribution in [0.3, 0.4) is 0 Å². The maximum Gasteiger partial charge on any atom is 0.225 e. The maximum absolute atomic E-state index is 11.6. The molecule has 0 heterocycles. The Hall–Kier alpha value is -1.51. The third-order valence-corrected chi connectivity index (χ3v) is 2.59. The van der Waals surface area contributed by atoms with Crippen LogP contribution in [0.25, 0.3) is 0 Å². The second kappa shape index (κ2) is 5.71. The Bertz CT molecular complexity index is 363. The molecule has 0 aliphatic rings. The average molecular weight is 234 g/mol. The van der Waals surface area contributed by atoms with Crippen molar-refractivity contribution in [1.82, 2.24) is 5.32 Å². The van der Waals surface area contributed by atoms with Gasteiger partial charge in [-0.05, 0) is 30.5 Å². The molecule has 0 saturated heterocycles. The molecular weight excluding hydrogens is 212 g/mol. The summed E-state index contributed by atoms with van der Waals surface area (Å²) in [6.07, 6.45) is 1.91. The topological polar surface area (TPSA) is 55.1 Å². The van der Waals surface area contributed by atoms with Crippen LogP contribution in [0.5, 0.6) is 0 Å². The van der Waals surface area contributed by atoms with Crippen molar-refractivity contribution < 1.29 is 4.79 Å². The number of rotatable bonds is 4. The van der Waals surface area contributed by atoms with E-state index in [1.807, 2.05) is 45.0 Å². The lowest BCUT2D eigenvalue weighted by atomic mass is 9.95. The molecule has 0 radical (unpaired) electrons. The van der Waals surface area contributed by atoms with Gasteiger partial charge in [0.25, 0.3) is 0 Å².